The molecule has 0 saturated heterocycles. The van der Waals surface area contributed by atoms with Crippen molar-refractivity contribution in [1.29, 1.82) is 0 Å². The van der Waals surface area contributed by atoms with Gasteiger partial charge in [-0.05, 0) is 64.0 Å². The fraction of sp³-hybridized carbons (Fsp3) is 0.130. The SMILES string of the molecule is COc1ccc(C(=O)N/N=C/c2cc(Br)cc(Br)c2OCc2ccc(F)cc2)cc1OC. The maximum atomic E-state index is 13.1. The maximum absolute atomic E-state index is 13.1. The van der Waals surface area contributed by atoms with Crippen LogP contribution in [-0.2, 0) is 6.61 Å². The average molecular weight is 566 g/mol. The van der Waals surface area contributed by atoms with E-state index in [-0.39, 0.29) is 12.4 Å². The van der Waals surface area contributed by atoms with E-state index >= 15 is 0 Å². The van der Waals surface area contributed by atoms with Crippen LogP contribution in [0.5, 0.6) is 17.2 Å². The van der Waals surface area contributed by atoms with Crippen LogP contribution >= 0.6 is 31.9 Å². The highest BCUT2D eigenvalue weighted by Crippen LogP contribution is 2.33. The van der Waals surface area contributed by atoms with Gasteiger partial charge < -0.3 is 14.2 Å². The molecule has 3 aromatic carbocycles. The molecule has 166 valence electrons. The predicted molar refractivity (Wildman–Crippen MR) is 127 cm³/mol. The molecular weight excluding hydrogens is 547 g/mol. The maximum Gasteiger partial charge on any atom is 0.271 e. The van der Waals surface area contributed by atoms with Crippen molar-refractivity contribution in [2.45, 2.75) is 6.61 Å². The molecule has 0 aliphatic rings. The fourth-order valence-corrected chi connectivity index (χ4v) is 4.14. The highest BCUT2D eigenvalue weighted by Gasteiger charge is 2.12. The molecule has 0 aliphatic carbocycles. The molecule has 0 saturated carbocycles. The number of halogens is 3. The van der Waals surface area contributed by atoms with E-state index in [0.717, 1.165) is 10.0 Å². The first-order valence-corrected chi connectivity index (χ1v) is 10.9. The number of hydrazone groups is 1. The first-order chi connectivity index (χ1) is 15.4. The van der Waals surface area contributed by atoms with E-state index in [1.54, 1.807) is 36.4 Å². The summed E-state index contributed by atoms with van der Waals surface area (Å²) in [5, 5.41) is 4.06. The summed E-state index contributed by atoms with van der Waals surface area (Å²) in [5.74, 6) is 0.773. The molecule has 0 aromatic heterocycles. The molecule has 0 fully saturated rings. The monoisotopic (exact) mass is 564 g/mol. The molecular formula is C23H19Br2FN2O4. The number of carbonyl (C=O) groups is 1. The Morgan fingerprint density at radius 2 is 1.75 bits per heavy atom. The second-order valence-corrected chi connectivity index (χ2v) is 8.26. The van der Waals surface area contributed by atoms with Gasteiger partial charge in [-0.1, -0.05) is 28.1 Å². The molecule has 0 bridgehead atoms. The van der Waals surface area contributed by atoms with Crippen LogP contribution in [0.3, 0.4) is 0 Å². The normalized spacial score (nSPS) is 10.8. The topological polar surface area (TPSA) is 69.2 Å². The Morgan fingerprint density at radius 1 is 1.03 bits per heavy atom. The molecule has 0 spiro atoms. The van der Waals surface area contributed by atoms with E-state index in [4.69, 9.17) is 14.2 Å². The Bertz CT molecular complexity index is 1140. The van der Waals surface area contributed by atoms with Gasteiger partial charge in [0.1, 0.15) is 18.2 Å². The molecule has 6 nitrogen and oxygen atoms in total. The van der Waals surface area contributed by atoms with Crippen LogP contribution in [0.1, 0.15) is 21.5 Å². The summed E-state index contributed by atoms with van der Waals surface area (Å²) in [4.78, 5) is 12.5. The van der Waals surface area contributed by atoms with Crippen molar-refractivity contribution in [2.24, 2.45) is 5.10 Å². The zero-order valence-electron chi connectivity index (χ0n) is 17.2. The van der Waals surface area contributed by atoms with Crippen molar-refractivity contribution in [1.82, 2.24) is 5.43 Å². The number of nitrogens with one attached hydrogen (secondary N) is 1. The molecule has 0 radical (unpaired) electrons. The molecule has 1 amide bonds. The lowest BCUT2D eigenvalue weighted by Crippen LogP contribution is -2.17. The summed E-state index contributed by atoms with van der Waals surface area (Å²) < 4.78 is 30.9. The van der Waals surface area contributed by atoms with Gasteiger partial charge in [-0.3, -0.25) is 4.79 Å². The lowest BCUT2D eigenvalue weighted by atomic mass is 10.2. The number of ether oxygens (including phenoxy) is 3. The third-order valence-corrected chi connectivity index (χ3v) is 5.40. The van der Waals surface area contributed by atoms with Crippen molar-refractivity contribution in [3.63, 3.8) is 0 Å². The third-order valence-electron chi connectivity index (χ3n) is 4.35. The number of amides is 1. The molecule has 0 atom stereocenters. The zero-order valence-corrected chi connectivity index (χ0v) is 20.4. The van der Waals surface area contributed by atoms with Gasteiger partial charge in [-0.2, -0.15) is 5.10 Å². The smallest absolute Gasteiger partial charge is 0.271 e. The standard InChI is InChI=1S/C23H19Br2FN2O4/c1-30-20-8-5-15(10-21(20)31-2)23(29)28-27-12-16-9-17(24)11-19(25)22(16)32-13-14-3-6-18(26)7-4-14/h3-12H,13H2,1-2H3,(H,28,29)/b27-12+. The van der Waals surface area contributed by atoms with Crippen molar-refractivity contribution >= 4 is 44.0 Å². The molecule has 1 N–H and O–H groups in total. The molecule has 9 heteroatoms. The van der Waals surface area contributed by atoms with Crippen LogP contribution in [0.25, 0.3) is 0 Å². The van der Waals surface area contributed by atoms with Crippen LogP contribution in [0, 0.1) is 5.82 Å². The second-order valence-electron chi connectivity index (χ2n) is 6.49. The summed E-state index contributed by atoms with van der Waals surface area (Å²) in [6.45, 7) is 0.235. The minimum absolute atomic E-state index is 0.235. The summed E-state index contributed by atoms with van der Waals surface area (Å²) in [5.41, 5.74) is 4.29. The lowest BCUT2D eigenvalue weighted by molar-refractivity contribution is 0.0954. The Hall–Kier alpha value is -2.91. The van der Waals surface area contributed by atoms with E-state index in [1.165, 1.54) is 32.6 Å². The molecule has 0 heterocycles. The van der Waals surface area contributed by atoms with E-state index in [2.05, 4.69) is 42.4 Å². The van der Waals surface area contributed by atoms with Gasteiger partial charge in [-0.15, -0.1) is 0 Å². The Balaban J connectivity index is 1.74. The van der Waals surface area contributed by atoms with Crippen LogP contribution in [0.4, 0.5) is 4.39 Å². The van der Waals surface area contributed by atoms with Crippen LogP contribution < -0.4 is 19.6 Å². The van der Waals surface area contributed by atoms with Gasteiger partial charge in [-0.25, -0.2) is 9.82 Å². The minimum Gasteiger partial charge on any atom is -0.493 e. The van der Waals surface area contributed by atoms with Crippen molar-refractivity contribution in [3.8, 4) is 17.2 Å². The fourth-order valence-electron chi connectivity index (χ4n) is 2.77. The van der Waals surface area contributed by atoms with Gasteiger partial charge in [0, 0.05) is 15.6 Å². The highest BCUT2D eigenvalue weighted by atomic mass is 79.9. The Morgan fingerprint density at radius 3 is 2.44 bits per heavy atom. The van der Waals surface area contributed by atoms with Crippen molar-refractivity contribution in [2.75, 3.05) is 14.2 Å². The van der Waals surface area contributed by atoms with Gasteiger partial charge in [0.2, 0.25) is 0 Å². The highest BCUT2D eigenvalue weighted by molar-refractivity contribution is 9.11. The lowest BCUT2D eigenvalue weighted by Gasteiger charge is -2.12. The molecule has 0 aliphatic heterocycles. The van der Waals surface area contributed by atoms with E-state index in [0.29, 0.717) is 32.8 Å². The van der Waals surface area contributed by atoms with E-state index in [1.807, 2.05) is 6.07 Å². The molecule has 3 aromatic rings. The predicted octanol–water partition coefficient (Wildman–Crippen LogP) is 5.71. The van der Waals surface area contributed by atoms with E-state index < -0.39 is 5.91 Å². The van der Waals surface area contributed by atoms with Gasteiger partial charge in [0.05, 0.1) is 24.9 Å². The third kappa shape index (κ3) is 6.08. The van der Waals surface area contributed by atoms with Gasteiger partial charge in [0.15, 0.2) is 11.5 Å². The number of rotatable bonds is 8. The Labute approximate surface area is 201 Å². The largest absolute Gasteiger partial charge is 0.493 e. The molecule has 3 rings (SSSR count). The number of hydrogen-bond donors (Lipinski definition) is 1. The van der Waals surface area contributed by atoms with Crippen molar-refractivity contribution in [3.05, 3.63) is 86.1 Å². The van der Waals surface area contributed by atoms with E-state index in [9.17, 15) is 9.18 Å². The number of hydrogen-bond acceptors (Lipinski definition) is 5. The zero-order chi connectivity index (χ0) is 23.1. The van der Waals surface area contributed by atoms with Gasteiger partial charge in [0.25, 0.3) is 5.91 Å². The Kier molecular flexibility index (Phi) is 8.24. The molecule has 0 unspecified atom stereocenters. The summed E-state index contributed by atoms with van der Waals surface area (Å²) in [6.07, 6.45) is 1.48. The quantitative estimate of drug-likeness (QED) is 0.280. The van der Waals surface area contributed by atoms with Crippen LogP contribution in [-0.4, -0.2) is 26.3 Å². The van der Waals surface area contributed by atoms with Gasteiger partial charge >= 0.3 is 0 Å². The number of methoxy groups -OCH3 is 2. The van der Waals surface area contributed by atoms with Crippen molar-refractivity contribution < 1.29 is 23.4 Å². The summed E-state index contributed by atoms with van der Waals surface area (Å²) in [7, 11) is 3.02. The molecule has 32 heavy (non-hydrogen) atoms. The van der Waals surface area contributed by atoms with Crippen LogP contribution in [0.2, 0.25) is 0 Å². The summed E-state index contributed by atoms with van der Waals surface area (Å²) in [6, 6.07) is 14.5. The number of benzene rings is 3. The van der Waals surface area contributed by atoms with Crippen LogP contribution in [0.15, 0.2) is 68.6 Å². The first-order valence-electron chi connectivity index (χ1n) is 9.33. The number of carbonyl (C=O) groups excluding carboxylic acids is 1. The first kappa shape index (κ1) is 23.7. The minimum atomic E-state index is -0.412. The number of nitrogens with zero attached hydrogens (tertiary/aromatic N) is 1. The summed E-state index contributed by atoms with van der Waals surface area (Å²) >= 11 is 6.92. The average Bonchev–Trinajstić information content (AvgIpc) is 2.79. The second kappa shape index (κ2) is 11.1.